The van der Waals surface area contributed by atoms with Crippen LogP contribution in [0, 0.1) is 17.8 Å². The van der Waals surface area contributed by atoms with Gasteiger partial charge in [0, 0.05) is 17.5 Å². The number of primary amides is 1. The Morgan fingerprint density at radius 1 is 1.11 bits per heavy atom. The molecule has 6 atom stereocenters. The molecule has 3 aliphatic rings. The average Bonchev–Trinajstić information content (AvgIpc) is 2.85. The Morgan fingerprint density at radius 2 is 1.81 bits per heavy atom. The van der Waals surface area contributed by atoms with Gasteiger partial charge in [-0.1, -0.05) is 42.5 Å². The van der Waals surface area contributed by atoms with Crippen LogP contribution in [0.2, 0.25) is 0 Å². The van der Waals surface area contributed by atoms with E-state index >= 15 is 0 Å². The smallest absolute Gasteiger partial charge is 0.230 e. The summed E-state index contributed by atoms with van der Waals surface area (Å²) in [4.78, 5) is 42.1. The number of hydrogen-bond acceptors (Lipinski definition) is 8. The minimum Gasteiger partial charge on any atom is -0.507 e. The van der Waals surface area contributed by atoms with Crippen LogP contribution in [-0.2, 0) is 32.1 Å². The zero-order valence-electron chi connectivity index (χ0n) is 20.6. The number of aliphatic hydroxyl groups is 2. The minimum absolute atomic E-state index is 0.105. The van der Waals surface area contributed by atoms with Gasteiger partial charge < -0.3 is 30.7 Å². The molecule has 5 N–H and O–H groups in total. The maximum absolute atomic E-state index is 13.9. The molecular weight excluding hydrogens is 476 g/mol. The molecule has 2 saturated carbocycles. The van der Waals surface area contributed by atoms with E-state index in [9.17, 15) is 29.7 Å². The quantitative estimate of drug-likeness (QED) is 0.444. The van der Waals surface area contributed by atoms with Gasteiger partial charge in [-0.3, -0.25) is 14.4 Å². The zero-order valence-corrected chi connectivity index (χ0v) is 20.6. The lowest BCUT2D eigenvalue weighted by atomic mass is 9.54. The normalized spacial score (nSPS) is 31.1. The van der Waals surface area contributed by atoms with Gasteiger partial charge in [0.05, 0.1) is 18.3 Å². The summed E-state index contributed by atoms with van der Waals surface area (Å²) in [5.74, 6) is -6.62. The van der Waals surface area contributed by atoms with E-state index in [4.69, 9.17) is 10.5 Å². The highest BCUT2D eigenvalue weighted by molar-refractivity contribution is 6.25. The van der Waals surface area contributed by atoms with E-state index in [2.05, 4.69) is 0 Å². The second kappa shape index (κ2) is 9.09. The topological polar surface area (TPSA) is 150 Å². The van der Waals surface area contributed by atoms with Crippen LogP contribution in [0.1, 0.15) is 23.1 Å². The third-order valence-electron chi connectivity index (χ3n) is 8.08. The summed E-state index contributed by atoms with van der Waals surface area (Å²) in [5.41, 5.74) is 4.60. The number of ketones is 2. The Labute approximate surface area is 214 Å². The van der Waals surface area contributed by atoms with Gasteiger partial charge in [-0.15, -0.1) is 0 Å². The summed E-state index contributed by atoms with van der Waals surface area (Å²) in [5, 5.41) is 33.3. The highest BCUT2D eigenvalue weighted by Gasteiger charge is 2.68. The fraction of sp³-hybridized carbons (Fsp3) is 0.393. The van der Waals surface area contributed by atoms with Crippen LogP contribution in [0.5, 0.6) is 5.75 Å². The summed E-state index contributed by atoms with van der Waals surface area (Å²) in [6.45, 7) is 0.105. The first-order valence-corrected chi connectivity index (χ1v) is 12.2. The molecule has 194 valence electrons. The molecule has 0 spiro atoms. The van der Waals surface area contributed by atoms with E-state index in [1.807, 2.05) is 30.3 Å². The lowest BCUT2D eigenvalue weighted by Gasteiger charge is -2.54. The van der Waals surface area contributed by atoms with Gasteiger partial charge in [-0.2, -0.15) is 0 Å². The summed E-state index contributed by atoms with van der Waals surface area (Å²) >= 11 is 0. The highest BCUT2D eigenvalue weighted by atomic mass is 16.5. The Bertz CT molecular complexity index is 1300. The first kappa shape index (κ1) is 25.1. The van der Waals surface area contributed by atoms with Gasteiger partial charge in [-0.25, -0.2) is 0 Å². The van der Waals surface area contributed by atoms with Gasteiger partial charge in [0.1, 0.15) is 17.4 Å². The number of fused-ring (bicyclic) bond motifs is 3. The fourth-order valence-electron chi connectivity index (χ4n) is 6.47. The van der Waals surface area contributed by atoms with Crippen LogP contribution in [0.25, 0.3) is 5.76 Å². The monoisotopic (exact) mass is 506 g/mol. The highest BCUT2D eigenvalue weighted by Crippen LogP contribution is 2.52. The molecule has 1 amide bonds. The number of likely N-dealkylation sites (N-methyl/N-ethyl adjacent to an activating group) is 1. The minimum atomic E-state index is -2.58. The molecule has 2 aromatic rings. The first-order valence-electron chi connectivity index (χ1n) is 12.2. The molecule has 2 fully saturated rings. The van der Waals surface area contributed by atoms with Gasteiger partial charge in [0.2, 0.25) is 11.7 Å². The number of Topliss-reactive ketones (excluding diaryl/α,β-unsaturated/α-hetero) is 2. The number of nitrogens with two attached hydrogens (primary N) is 1. The molecule has 0 aliphatic heterocycles. The van der Waals surface area contributed by atoms with Crippen molar-refractivity contribution in [3.8, 4) is 5.75 Å². The van der Waals surface area contributed by atoms with Crippen LogP contribution in [-0.4, -0.2) is 69.5 Å². The molecule has 3 aliphatic carbocycles. The first-order chi connectivity index (χ1) is 17.6. The van der Waals surface area contributed by atoms with Crippen molar-refractivity contribution in [1.82, 2.24) is 4.90 Å². The molecule has 2 aromatic carbocycles. The van der Waals surface area contributed by atoms with Crippen LogP contribution in [0.4, 0.5) is 0 Å². The predicted molar refractivity (Wildman–Crippen MR) is 133 cm³/mol. The van der Waals surface area contributed by atoms with Gasteiger partial charge in [-0.05, 0) is 50.0 Å². The van der Waals surface area contributed by atoms with E-state index in [0.29, 0.717) is 12.0 Å². The number of aromatic hydroxyl groups is 1. The number of phenolic OH excluding ortho intramolecular Hbond substituents is 1. The van der Waals surface area contributed by atoms with Crippen LogP contribution in [0.3, 0.4) is 0 Å². The van der Waals surface area contributed by atoms with Crippen molar-refractivity contribution in [1.29, 1.82) is 0 Å². The molecule has 0 radical (unpaired) electrons. The summed E-state index contributed by atoms with van der Waals surface area (Å²) < 4.78 is 6.17. The molecule has 0 saturated heterocycles. The standard InChI is InChI=1S/C28H30N2O7/c1-30(2)22-17-12-16-11-15-9-6-10-18(31)19(15)23(32)20(16)25(33)28(17,36)26(34)21(27(29)35)24(22)37-13-14-7-4-3-5-8-14/h3-10,16-17,21-22,24,31-32,36H,11-13H2,1-2H3,(H2,29,35)/t16-,17-,21?,22-,24?,28-/m1/s1. The number of aliphatic hydroxyl groups excluding tert-OH is 1. The Balaban J connectivity index is 1.61. The van der Waals surface area contributed by atoms with E-state index in [1.54, 1.807) is 31.1 Å². The zero-order chi connectivity index (χ0) is 26.6. The van der Waals surface area contributed by atoms with E-state index < -0.39 is 58.7 Å². The number of carbonyl (C=O) groups is 3. The number of ether oxygens (including phenoxy) is 1. The third kappa shape index (κ3) is 3.77. The number of nitrogens with zero attached hydrogens (tertiary/aromatic N) is 1. The molecule has 0 heterocycles. The predicted octanol–water partition coefficient (Wildman–Crippen LogP) is 1.35. The van der Waals surface area contributed by atoms with E-state index in [0.717, 1.165) is 5.56 Å². The van der Waals surface area contributed by atoms with Crippen molar-refractivity contribution < 1.29 is 34.4 Å². The molecule has 0 bridgehead atoms. The van der Waals surface area contributed by atoms with Gasteiger partial charge in [0.25, 0.3) is 0 Å². The number of amides is 1. The van der Waals surface area contributed by atoms with E-state index in [1.165, 1.54) is 6.07 Å². The second-order valence-corrected chi connectivity index (χ2v) is 10.4. The number of phenols is 1. The van der Waals surface area contributed by atoms with Gasteiger partial charge in [0.15, 0.2) is 11.4 Å². The largest absolute Gasteiger partial charge is 0.507 e. The molecule has 5 rings (SSSR count). The SMILES string of the molecule is CN(C)[C@H]1C(OCc2ccccc2)C(C(N)=O)C(=O)[C@]2(O)C(=O)C3=C(O)c4c(O)cccc4C[C@@H]3C[C@H]12. The summed E-state index contributed by atoms with van der Waals surface area (Å²) in [6.07, 6.45) is -0.482. The van der Waals surface area contributed by atoms with Crippen LogP contribution >= 0.6 is 0 Å². The van der Waals surface area contributed by atoms with Crippen molar-refractivity contribution in [2.75, 3.05) is 14.1 Å². The second-order valence-electron chi connectivity index (χ2n) is 10.4. The van der Waals surface area contributed by atoms with Crippen LogP contribution < -0.4 is 5.73 Å². The van der Waals surface area contributed by atoms with Crippen molar-refractivity contribution >= 4 is 23.2 Å². The van der Waals surface area contributed by atoms with Crippen molar-refractivity contribution in [3.05, 3.63) is 70.8 Å². The maximum Gasteiger partial charge on any atom is 0.230 e. The summed E-state index contributed by atoms with van der Waals surface area (Å²) in [6, 6.07) is 13.4. The van der Waals surface area contributed by atoms with Crippen molar-refractivity contribution in [3.63, 3.8) is 0 Å². The molecule has 2 unspecified atom stereocenters. The number of rotatable bonds is 5. The third-order valence-corrected chi connectivity index (χ3v) is 8.08. The molecular formula is C28H30N2O7. The van der Waals surface area contributed by atoms with Crippen molar-refractivity contribution in [2.24, 2.45) is 23.5 Å². The number of benzene rings is 2. The molecule has 0 aromatic heterocycles. The average molecular weight is 507 g/mol. The Morgan fingerprint density at radius 3 is 2.46 bits per heavy atom. The van der Waals surface area contributed by atoms with Crippen molar-refractivity contribution in [2.45, 2.75) is 37.2 Å². The fourth-order valence-corrected chi connectivity index (χ4v) is 6.47. The number of hydrogen-bond donors (Lipinski definition) is 4. The number of carbonyl (C=O) groups excluding carboxylic acids is 3. The Hall–Kier alpha value is -3.53. The Kier molecular flexibility index (Phi) is 6.18. The van der Waals surface area contributed by atoms with Crippen LogP contribution in [0.15, 0.2) is 54.1 Å². The molecule has 37 heavy (non-hydrogen) atoms. The molecule has 9 heteroatoms. The lowest BCUT2D eigenvalue weighted by Crippen LogP contribution is -2.73. The summed E-state index contributed by atoms with van der Waals surface area (Å²) in [7, 11) is 3.47. The lowest BCUT2D eigenvalue weighted by molar-refractivity contribution is -0.190. The van der Waals surface area contributed by atoms with Gasteiger partial charge >= 0.3 is 0 Å². The van der Waals surface area contributed by atoms with E-state index in [-0.39, 0.29) is 29.9 Å². The maximum atomic E-state index is 13.9. The molecule has 9 nitrogen and oxygen atoms in total.